The second-order valence-electron chi connectivity index (χ2n) is 9.09. The maximum atomic E-state index is 12.2. The second-order valence-corrected chi connectivity index (χ2v) is 9.91. The molecule has 2 saturated carbocycles. The van der Waals surface area contributed by atoms with Gasteiger partial charge in [-0.05, 0) is 61.8 Å². The Morgan fingerprint density at radius 2 is 1.03 bits per heavy atom. The predicted octanol–water partition coefficient (Wildman–Crippen LogP) is 8.26. The lowest BCUT2D eigenvalue weighted by Crippen LogP contribution is -2.38. The Morgan fingerprint density at radius 3 is 1.34 bits per heavy atom. The highest BCUT2D eigenvalue weighted by molar-refractivity contribution is 6.32. The molecule has 32 heavy (non-hydrogen) atoms. The van der Waals surface area contributed by atoms with E-state index in [2.05, 4.69) is 13.8 Å². The topological polar surface area (TPSA) is 34.1 Å². The summed E-state index contributed by atoms with van der Waals surface area (Å²) in [6.07, 6.45) is 9.35. The van der Waals surface area contributed by atoms with Crippen LogP contribution in [0.3, 0.4) is 0 Å². The number of rotatable bonds is 4. The van der Waals surface area contributed by atoms with Gasteiger partial charge < -0.3 is 0 Å². The summed E-state index contributed by atoms with van der Waals surface area (Å²) in [6, 6.07) is 15.6. The van der Waals surface area contributed by atoms with Gasteiger partial charge in [0.25, 0.3) is 0 Å². The fourth-order valence-electron chi connectivity index (χ4n) is 5.58. The number of ketones is 2. The molecule has 0 aliphatic heterocycles. The second kappa shape index (κ2) is 11.0. The molecule has 0 radical (unpaired) electrons. The Morgan fingerprint density at radius 1 is 0.656 bits per heavy atom. The average molecular weight is 473 g/mol. The number of hydrogen-bond donors (Lipinski definition) is 0. The predicted molar refractivity (Wildman–Crippen MR) is 134 cm³/mol. The summed E-state index contributed by atoms with van der Waals surface area (Å²) >= 11 is 12.5. The average Bonchev–Trinajstić information content (AvgIpc) is 2.82. The van der Waals surface area contributed by atoms with Gasteiger partial charge in [0.2, 0.25) is 0 Å². The first-order valence-electron chi connectivity index (χ1n) is 12.0. The normalized spacial score (nSPS) is 25.8. The van der Waals surface area contributed by atoms with Gasteiger partial charge in [-0.1, -0.05) is 86.3 Å². The molecule has 2 aromatic carbocycles. The van der Waals surface area contributed by atoms with Crippen molar-refractivity contribution < 1.29 is 9.59 Å². The summed E-state index contributed by atoms with van der Waals surface area (Å²) in [6.45, 7) is 4.18. The lowest BCUT2D eigenvalue weighted by molar-refractivity contribution is -0.127. The molecule has 2 aliphatic carbocycles. The molecule has 172 valence electrons. The molecule has 2 fully saturated rings. The van der Waals surface area contributed by atoms with Crippen LogP contribution in [0.2, 0.25) is 10.0 Å². The smallest absolute Gasteiger partial charge is 0.143 e. The van der Waals surface area contributed by atoms with E-state index in [0.29, 0.717) is 24.4 Å². The molecule has 2 atom stereocenters. The summed E-state index contributed by atoms with van der Waals surface area (Å²) < 4.78 is 0. The van der Waals surface area contributed by atoms with Gasteiger partial charge in [-0.2, -0.15) is 0 Å². The largest absolute Gasteiger partial charge is 0.299 e. The molecular weight excluding hydrogens is 439 g/mol. The van der Waals surface area contributed by atoms with E-state index >= 15 is 0 Å². The molecule has 0 spiro atoms. The van der Waals surface area contributed by atoms with Gasteiger partial charge in [0, 0.05) is 22.9 Å². The van der Waals surface area contributed by atoms with Crippen molar-refractivity contribution in [3.8, 4) is 0 Å². The lowest BCUT2D eigenvalue weighted by Gasteiger charge is -2.36. The maximum Gasteiger partial charge on any atom is 0.143 e. The van der Waals surface area contributed by atoms with Gasteiger partial charge in [0.05, 0.1) is 10.8 Å². The molecule has 2 nitrogen and oxygen atoms in total. The third-order valence-corrected chi connectivity index (χ3v) is 8.23. The number of carbonyl (C=O) groups is 2. The van der Waals surface area contributed by atoms with Crippen molar-refractivity contribution in [2.75, 3.05) is 0 Å². The molecule has 0 saturated heterocycles. The van der Waals surface area contributed by atoms with E-state index < -0.39 is 0 Å². The number of Topliss-reactive ketones (excluding diaryl/α,β-unsaturated/α-hetero) is 2. The fourth-order valence-corrected chi connectivity index (χ4v) is 6.21. The van der Waals surface area contributed by atoms with Gasteiger partial charge in [0.15, 0.2) is 0 Å². The summed E-state index contributed by atoms with van der Waals surface area (Å²) in [5.41, 5.74) is 1.44. The summed E-state index contributed by atoms with van der Waals surface area (Å²) in [5.74, 6) is 0.740. The molecule has 0 heterocycles. The molecule has 0 bridgehead atoms. The van der Waals surface area contributed by atoms with Crippen molar-refractivity contribution in [3.63, 3.8) is 0 Å². The highest BCUT2D eigenvalue weighted by Gasteiger charge is 2.41. The standard InChI is InChI=1S/2C14H17ClO/c2*1-2-14(10-6-5-9-13(14)16)11-7-3-4-8-12(11)15/h2*3-4,7-8H,2,5-6,9-10H2,1H3/t2*14-/m10/s1. The minimum absolute atomic E-state index is 0.309. The van der Waals surface area contributed by atoms with Crippen molar-refractivity contribution in [1.29, 1.82) is 0 Å². The van der Waals surface area contributed by atoms with Gasteiger partial charge in [-0.3, -0.25) is 9.59 Å². The molecule has 0 unspecified atom stereocenters. The number of hydrogen-bond acceptors (Lipinski definition) is 2. The molecule has 0 aromatic heterocycles. The molecular formula is C28H34Cl2O2. The molecule has 4 rings (SSSR count). The number of carbonyl (C=O) groups excluding carboxylic acids is 2. The Balaban J connectivity index is 0.000000181. The van der Waals surface area contributed by atoms with Crippen LogP contribution in [0.15, 0.2) is 48.5 Å². The Labute approximate surface area is 202 Å². The fraction of sp³-hybridized carbons (Fsp3) is 0.500. The van der Waals surface area contributed by atoms with Crippen LogP contribution in [0.4, 0.5) is 0 Å². The highest BCUT2D eigenvalue weighted by Crippen LogP contribution is 2.43. The molecule has 2 aromatic rings. The minimum Gasteiger partial charge on any atom is -0.299 e. The van der Waals surface area contributed by atoms with Crippen LogP contribution in [0.5, 0.6) is 0 Å². The number of halogens is 2. The van der Waals surface area contributed by atoms with Crippen molar-refractivity contribution in [3.05, 3.63) is 69.7 Å². The van der Waals surface area contributed by atoms with Gasteiger partial charge in [-0.15, -0.1) is 0 Å². The third-order valence-electron chi connectivity index (χ3n) is 7.57. The van der Waals surface area contributed by atoms with E-state index in [1.54, 1.807) is 0 Å². The zero-order chi connectivity index (χ0) is 23.2. The summed E-state index contributed by atoms with van der Waals surface area (Å²) in [4.78, 5) is 24.5. The lowest BCUT2D eigenvalue weighted by atomic mass is 9.67. The van der Waals surface area contributed by atoms with Crippen molar-refractivity contribution in [2.24, 2.45) is 0 Å². The quantitative estimate of drug-likeness (QED) is 0.448. The molecule has 0 amide bonds. The third kappa shape index (κ3) is 4.82. The van der Waals surface area contributed by atoms with E-state index in [0.717, 1.165) is 72.5 Å². The van der Waals surface area contributed by atoms with E-state index in [1.165, 1.54) is 0 Å². The van der Waals surface area contributed by atoms with Gasteiger partial charge >= 0.3 is 0 Å². The highest BCUT2D eigenvalue weighted by atomic mass is 35.5. The summed E-state index contributed by atoms with van der Waals surface area (Å²) in [5, 5.41) is 1.47. The molecule has 0 N–H and O–H groups in total. The van der Waals surface area contributed by atoms with Gasteiger partial charge in [0.1, 0.15) is 11.6 Å². The van der Waals surface area contributed by atoms with E-state index in [4.69, 9.17) is 23.2 Å². The van der Waals surface area contributed by atoms with Crippen molar-refractivity contribution in [2.45, 2.75) is 88.9 Å². The van der Waals surface area contributed by atoms with E-state index in [9.17, 15) is 9.59 Å². The molecule has 4 heteroatoms. The minimum atomic E-state index is -0.309. The van der Waals surface area contributed by atoms with Crippen molar-refractivity contribution in [1.82, 2.24) is 0 Å². The van der Waals surface area contributed by atoms with Crippen LogP contribution in [0.1, 0.15) is 89.2 Å². The van der Waals surface area contributed by atoms with E-state index in [-0.39, 0.29) is 10.8 Å². The first-order valence-corrected chi connectivity index (χ1v) is 12.7. The zero-order valence-electron chi connectivity index (χ0n) is 19.3. The first-order chi connectivity index (χ1) is 15.4. The van der Waals surface area contributed by atoms with Crippen LogP contribution >= 0.6 is 23.2 Å². The first kappa shape index (κ1) is 25.0. The Hall–Kier alpha value is -1.64. The number of benzene rings is 2. The van der Waals surface area contributed by atoms with Crippen LogP contribution in [0.25, 0.3) is 0 Å². The summed E-state index contributed by atoms with van der Waals surface area (Å²) in [7, 11) is 0. The maximum absolute atomic E-state index is 12.2. The van der Waals surface area contributed by atoms with Crippen LogP contribution < -0.4 is 0 Å². The van der Waals surface area contributed by atoms with Crippen LogP contribution in [-0.4, -0.2) is 11.6 Å². The van der Waals surface area contributed by atoms with E-state index in [1.807, 2.05) is 48.5 Å². The monoisotopic (exact) mass is 472 g/mol. The zero-order valence-corrected chi connectivity index (χ0v) is 20.8. The van der Waals surface area contributed by atoms with Crippen LogP contribution in [0, 0.1) is 0 Å². The SMILES string of the molecule is CC[C@@]1(c2ccccc2Cl)CCCCC1=O.CC[C@]1(c2ccccc2Cl)CCCCC1=O. The van der Waals surface area contributed by atoms with Gasteiger partial charge in [-0.25, -0.2) is 0 Å². The van der Waals surface area contributed by atoms with Crippen molar-refractivity contribution >= 4 is 34.8 Å². The Kier molecular flexibility index (Phi) is 8.58. The van der Waals surface area contributed by atoms with Crippen LogP contribution in [-0.2, 0) is 20.4 Å². The molecule has 2 aliphatic rings. The Bertz CT molecular complexity index is 876.